The number of pyridine rings is 5. The van der Waals surface area contributed by atoms with Crippen molar-refractivity contribution < 1.29 is 29.1 Å². The summed E-state index contributed by atoms with van der Waals surface area (Å²) >= 11 is 0. The molecular formula is C106H138N18O6. The minimum absolute atomic E-state index is 0.0177. The quantitative estimate of drug-likeness (QED) is 0.0523. The molecule has 1 aliphatic carbocycles. The van der Waals surface area contributed by atoms with Crippen LogP contribution in [0.25, 0.3) is 0 Å². The second-order valence-corrected chi connectivity index (χ2v) is 36.5. The van der Waals surface area contributed by atoms with Gasteiger partial charge in [0.15, 0.2) is 0 Å². The van der Waals surface area contributed by atoms with Crippen molar-refractivity contribution in [1.82, 2.24) is 49.4 Å². The maximum atomic E-state index is 12.6. The fourth-order valence-corrected chi connectivity index (χ4v) is 16.2. The van der Waals surface area contributed by atoms with Gasteiger partial charge in [0.1, 0.15) is 29.1 Å². The monoisotopic (exact) mass is 1760 g/mol. The summed E-state index contributed by atoms with van der Waals surface area (Å²) < 4.78 is 0. The van der Waals surface area contributed by atoms with E-state index in [4.69, 9.17) is 0 Å². The number of amides is 8. The summed E-state index contributed by atoms with van der Waals surface area (Å²) in [5.74, 6) is 7.22. The van der Waals surface area contributed by atoms with Crippen LogP contribution in [0.5, 0.6) is 0 Å². The van der Waals surface area contributed by atoms with Gasteiger partial charge in [-0.2, -0.15) is 0 Å². The Labute approximate surface area is 771 Å². The predicted octanol–water partition coefficient (Wildman–Crippen LogP) is 18.2. The Balaban J connectivity index is 0.000000147. The van der Waals surface area contributed by atoms with E-state index >= 15 is 0 Å². The van der Waals surface area contributed by atoms with Crippen LogP contribution in [0.4, 0.5) is 60.5 Å². The van der Waals surface area contributed by atoms with Gasteiger partial charge in [-0.15, -0.1) is 0 Å². The third-order valence-corrected chi connectivity index (χ3v) is 25.5. The average Bonchev–Trinajstić information content (AvgIpc) is 1.79. The Kier molecular flexibility index (Phi) is 35.1. The topological polar surface area (TPSA) is 239 Å². The van der Waals surface area contributed by atoms with Crippen LogP contribution in [0.3, 0.4) is 0 Å². The van der Waals surface area contributed by atoms with Gasteiger partial charge in [-0.05, 0) is 224 Å². The zero-order valence-corrected chi connectivity index (χ0v) is 79.1. The van der Waals surface area contributed by atoms with Gasteiger partial charge in [-0.3, -0.25) is 9.59 Å². The number of nitrogens with one attached hydrogen (secondary N) is 3. The number of piperazine rings is 5. The van der Waals surface area contributed by atoms with E-state index in [2.05, 4.69) is 228 Å². The lowest BCUT2D eigenvalue weighted by Gasteiger charge is -2.35. The Morgan fingerprint density at radius 2 is 0.708 bits per heavy atom. The maximum Gasteiger partial charge on any atom is 0.321 e. The number of aliphatic hydroxyl groups is 1. The highest BCUT2D eigenvalue weighted by molar-refractivity contribution is 5.91. The van der Waals surface area contributed by atoms with Crippen LogP contribution in [0.1, 0.15) is 171 Å². The number of hydrogen-bond donors (Lipinski definition) is 4. The number of hydrogen-bond acceptors (Lipinski definition) is 16. The van der Waals surface area contributed by atoms with Crippen molar-refractivity contribution in [1.29, 1.82) is 0 Å². The van der Waals surface area contributed by atoms with Gasteiger partial charge in [0.2, 0.25) is 11.8 Å². The number of unbranched alkanes of at least 4 members (excludes halogenated alkanes) is 1. The third-order valence-electron chi connectivity index (χ3n) is 25.5. The standard InChI is InChI=1S/C22H30N4O.C21H28N4O2.C21H28N4O.C21H25N3O.C21H27N3O/c1-4-5-6-19-8-9-20(18(3)15-19)24-22(27)26-13-11-25(12-14-26)21-10-7-17(2)16-23-21;1-16-4-9-19(22-14-16)24-10-12-25(13-11-24)20(27)23-18-7-5-17(6-8-18)21(2,3)15-26;1-4-17(3)18-6-8-19(9-7-18)23-21(26)25-13-11-24(12-14-25)20-10-5-16(2)15-22-20;1-16-2-9-20(22-15-16)23-10-12-24(13-11-23)21(25)14-17-3-5-18(6-4-17)19-7-8-19;1-16(2)19-7-5-18(6-8-19)14-21(25)24-12-10-23(11-13-24)20-9-4-17(3)15-22-20/h7-10,15-16H,4-6,11-14H2,1-3H3,(H,24,27);4-9,14,26H,10-13,15H2,1-3H3,(H,23,27);5-10,15,17H,4,11-14H2,1-3H3,(H,23,26);2-6,9,15,19H,7-8,10-14H2,1H3;4-9,15-16H,10-14H2,1-3H3. The van der Waals surface area contributed by atoms with Crippen molar-refractivity contribution in [3.8, 4) is 0 Å². The van der Waals surface area contributed by atoms with E-state index in [0.717, 1.165) is 195 Å². The maximum absolute atomic E-state index is 12.6. The molecule has 5 aromatic heterocycles. The van der Waals surface area contributed by atoms with Crippen LogP contribution in [-0.2, 0) is 34.3 Å². The van der Waals surface area contributed by atoms with E-state index in [1.807, 2.05) is 159 Å². The van der Waals surface area contributed by atoms with Gasteiger partial charge < -0.3 is 70.1 Å². The molecule has 1 unspecified atom stereocenters. The fourth-order valence-electron chi connectivity index (χ4n) is 16.2. The molecule has 688 valence electrons. The molecule has 5 aliphatic heterocycles. The highest BCUT2D eigenvalue weighted by atomic mass is 16.3. The molecule has 5 aromatic carbocycles. The average molecular weight is 1760 g/mol. The first-order valence-electron chi connectivity index (χ1n) is 46.9. The molecule has 0 spiro atoms. The summed E-state index contributed by atoms with van der Waals surface area (Å²) in [5, 5.41) is 18.5. The lowest BCUT2D eigenvalue weighted by Crippen LogP contribution is -2.50. The molecule has 0 bridgehead atoms. The van der Waals surface area contributed by atoms with Gasteiger partial charge in [0.25, 0.3) is 0 Å². The number of aromatic nitrogens is 5. The minimum atomic E-state index is -0.289. The van der Waals surface area contributed by atoms with Crippen molar-refractivity contribution in [3.05, 3.63) is 279 Å². The second kappa shape index (κ2) is 47.2. The van der Waals surface area contributed by atoms with Gasteiger partial charge >= 0.3 is 18.1 Å². The van der Waals surface area contributed by atoms with E-state index in [-0.39, 0.29) is 41.9 Å². The first kappa shape index (κ1) is 96.6. The molecule has 4 N–H and O–H groups in total. The summed E-state index contributed by atoms with van der Waals surface area (Å²) in [5.41, 5.74) is 17.8. The number of anilines is 8. The zero-order chi connectivity index (χ0) is 92.2. The Morgan fingerprint density at radius 3 is 1.02 bits per heavy atom. The SMILES string of the molecule is CCC(C)c1ccc(NC(=O)N2CCN(c3ccc(C)cn3)CC2)cc1.CCCCc1ccc(NC(=O)N2CCN(c3ccc(C)cn3)CC2)c(C)c1.Cc1ccc(N2CCN(C(=O)Cc3ccc(C(C)C)cc3)CC2)nc1.Cc1ccc(N2CCN(C(=O)Cc3ccc(C4CC4)cc3)CC2)nc1.Cc1ccc(N2CCN(C(=O)Nc3ccc(C(C)(C)CO)cc3)CC2)nc1. The van der Waals surface area contributed by atoms with E-state index in [1.165, 1.54) is 59.1 Å². The summed E-state index contributed by atoms with van der Waals surface area (Å²) in [6.07, 6.45) is 17.7. The molecule has 16 rings (SSSR count). The van der Waals surface area contributed by atoms with Crippen molar-refractivity contribution in [2.75, 3.05) is 178 Å². The van der Waals surface area contributed by atoms with E-state index < -0.39 is 0 Å². The van der Waals surface area contributed by atoms with Gasteiger partial charge in [-0.25, -0.2) is 39.3 Å². The number of urea groups is 3. The number of rotatable bonds is 21. The van der Waals surface area contributed by atoms with E-state index in [0.29, 0.717) is 63.9 Å². The normalized spacial score (nSPS) is 15.5. The van der Waals surface area contributed by atoms with Gasteiger partial charge in [0, 0.05) is 184 Å². The first-order valence-corrected chi connectivity index (χ1v) is 46.9. The minimum Gasteiger partial charge on any atom is -0.395 e. The molecule has 130 heavy (non-hydrogen) atoms. The zero-order valence-electron chi connectivity index (χ0n) is 79.1. The largest absolute Gasteiger partial charge is 0.395 e. The Hall–Kier alpha value is -12.4. The molecule has 6 aliphatic rings. The summed E-state index contributed by atoms with van der Waals surface area (Å²) in [6.45, 7) is 42.6. The molecular weight excluding hydrogens is 1620 g/mol. The van der Waals surface area contributed by atoms with Crippen molar-refractivity contribution in [2.24, 2.45) is 0 Å². The Bertz CT molecular complexity index is 5070. The fraction of sp³-hybridized carbons (Fsp3) is 0.434. The highest BCUT2D eigenvalue weighted by Crippen LogP contribution is 2.40. The van der Waals surface area contributed by atoms with Crippen LogP contribution in [0.15, 0.2) is 207 Å². The van der Waals surface area contributed by atoms with Crippen molar-refractivity contribution in [3.63, 3.8) is 0 Å². The molecule has 24 nitrogen and oxygen atoms in total. The summed E-state index contributed by atoms with van der Waals surface area (Å²) in [6, 6.07) is 59.8. The molecule has 6 fully saturated rings. The number of carbonyl (C=O) groups is 5. The number of aliphatic hydroxyl groups excluding tert-OH is 1. The molecule has 1 saturated carbocycles. The smallest absolute Gasteiger partial charge is 0.321 e. The van der Waals surface area contributed by atoms with Crippen LogP contribution >= 0.6 is 0 Å². The first-order chi connectivity index (χ1) is 62.7. The number of carbonyl (C=O) groups excluding carboxylic acids is 5. The lowest BCUT2D eigenvalue weighted by molar-refractivity contribution is -0.131. The molecule has 5 saturated heterocycles. The van der Waals surface area contributed by atoms with Crippen LogP contribution < -0.4 is 40.4 Å². The molecule has 8 amide bonds. The molecule has 10 heterocycles. The van der Waals surface area contributed by atoms with Gasteiger partial charge in [-0.1, -0.05) is 170 Å². The van der Waals surface area contributed by atoms with Crippen molar-refractivity contribution in [2.45, 2.75) is 165 Å². The van der Waals surface area contributed by atoms with Crippen molar-refractivity contribution >= 4 is 76.1 Å². The third kappa shape index (κ3) is 28.5. The number of aryl methyl sites for hydroxylation is 7. The van der Waals surface area contributed by atoms with Crippen LogP contribution in [0.2, 0.25) is 0 Å². The summed E-state index contributed by atoms with van der Waals surface area (Å²) in [4.78, 5) is 106. The predicted molar refractivity (Wildman–Crippen MR) is 529 cm³/mol. The second-order valence-electron chi connectivity index (χ2n) is 36.5. The van der Waals surface area contributed by atoms with Crippen LogP contribution in [-0.4, -0.2) is 222 Å². The van der Waals surface area contributed by atoms with E-state index in [9.17, 15) is 29.1 Å². The summed E-state index contributed by atoms with van der Waals surface area (Å²) in [7, 11) is 0. The number of nitrogens with zero attached hydrogens (tertiary/aromatic N) is 15. The lowest BCUT2D eigenvalue weighted by atomic mass is 9.85. The highest BCUT2D eigenvalue weighted by Gasteiger charge is 2.30. The Morgan fingerprint density at radius 1 is 0.385 bits per heavy atom. The van der Waals surface area contributed by atoms with E-state index in [1.54, 1.807) is 0 Å². The molecule has 1 atom stereocenters. The number of benzene rings is 5. The molecule has 10 aromatic rings. The molecule has 0 radical (unpaired) electrons. The van der Waals surface area contributed by atoms with Gasteiger partial charge in [0.05, 0.1) is 19.4 Å². The molecule has 24 heteroatoms. The van der Waals surface area contributed by atoms with Crippen LogP contribution in [0, 0.1) is 41.5 Å².